The van der Waals surface area contributed by atoms with Gasteiger partial charge in [0.2, 0.25) is 0 Å². The van der Waals surface area contributed by atoms with Crippen LogP contribution in [0.4, 0.5) is 4.39 Å². The normalized spacial score (nSPS) is 12.8. The van der Waals surface area contributed by atoms with Crippen molar-refractivity contribution in [2.75, 3.05) is 0 Å². The maximum Gasteiger partial charge on any atom is 0.134 e. The molecule has 0 aliphatic rings. The third kappa shape index (κ3) is 2.46. The highest BCUT2D eigenvalue weighted by molar-refractivity contribution is 9.10. The minimum Gasteiger partial charge on any atom is -0.459 e. The minimum atomic E-state index is -0.448. The fourth-order valence-electron chi connectivity index (χ4n) is 2.06. The average molecular weight is 355 g/mol. The Morgan fingerprint density at radius 1 is 1.15 bits per heavy atom. The minimum absolute atomic E-state index is 0.301. The molecule has 0 amide bonds. The van der Waals surface area contributed by atoms with Crippen molar-refractivity contribution >= 4 is 38.5 Å². The standard InChI is InChI=1S/C15H10BrClFNO/c16-11-3-1-8(6-12(11)17)15(19)14-7-9-5-10(18)2-4-13(9)20-14/h1-7,15H,19H2. The summed E-state index contributed by atoms with van der Waals surface area (Å²) < 4.78 is 19.6. The number of halogens is 3. The van der Waals surface area contributed by atoms with E-state index in [2.05, 4.69) is 15.9 Å². The van der Waals surface area contributed by atoms with Crippen molar-refractivity contribution in [2.45, 2.75) is 6.04 Å². The maximum absolute atomic E-state index is 13.2. The lowest BCUT2D eigenvalue weighted by Gasteiger charge is -2.10. The molecule has 0 aliphatic heterocycles. The second-order valence-electron chi connectivity index (χ2n) is 4.48. The van der Waals surface area contributed by atoms with Crippen molar-refractivity contribution in [3.63, 3.8) is 0 Å². The highest BCUT2D eigenvalue weighted by Gasteiger charge is 2.15. The molecule has 0 aliphatic carbocycles. The van der Waals surface area contributed by atoms with Crippen LogP contribution in [0.2, 0.25) is 5.02 Å². The van der Waals surface area contributed by atoms with Gasteiger partial charge in [0.15, 0.2) is 0 Å². The lowest BCUT2D eigenvalue weighted by Crippen LogP contribution is -2.10. The maximum atomic E-state index is 13.2. The SMILES string of the molecule is NC(c1ccc(Br)c(Cl)c1)c1cc2cc(F)ccc2o1. The quantitative estimate of drug-likeness (QED) is 0.700. The van der Waals surface area contributed by atoms with Gasteiger partial charge in [0.05, 0.1) is 11.1 Å². The molecule has 1 unspecified atom stereocenters. The van der Waals surface area contributed by atoms with Crippen LogP contribution in [0, 0.1) is 5.82 Å². The van der Waals surface area contributed by atoms with Gasteiger partial charge < -0.3 is 10.2 Å². The molecule has 1 heterocycles. The molecule has 5 heteroatoms. The van der Waals surface area contributed by atoms with E-state index in [1.165, 1.54) is 12.1 Å². The molecule has 2 N–H and O–H groups in total. The predicted molar refractivity (Wildman–Crippen MR) is 81.4 cm³/mol. The molecule has 0 bridgehead atoms. The molecule has 1 atom stereocenters. The molecule has 2 nitrogen and oxygen atoms in total. The molecular weight excluding hydrogens is 345 g/mol. The first-order valence-electron chi connectivity index (χ1n) is 5.94. The first-order valence-corrected chi connectivity index (χ1v) is 7.11. The van der Waals surface area contributed by atoms with Gasteiger partial charge in [-0.25, -0.2) is 4.39 Å². The Kier molecular flexibility index (Phi) is 3.54. The summed E-state index contributed by atoms with van der Waals surface area (Å²) in [5.74, 6) is 0.272. The molecule has 102 valence electrons. The van der Waals surface area contributed by atoms with E-state index < -0.39 is 6.04 Å². The van der Waals surface area contributed by atoms with Gasteiger partial charge in [0, 0.05) is 9.86 Å². The van der Waals surface area contributed by atoms with Gasteiger partial charge in [0.25, 0.3) is 0 Å². The summed E-state index contributed by atoms with van der Waals surface area (Å²) in [6.45, 7) is 0. The van der Waals surface area contributed by atoms with Crippen molar-refractivity contribution in [3.8, 4) is 0 Å². The molecule has 0 saturated carbocycles. The second kappa shape index (κ2) is 5.20. The Morgan fingerprint density at radius 2 is 1.95 bits per heavy atom. The van der Waals surface area contributed by atoms with Crippen LogP contribution in [0.25, 0.3) is 11.0 Å². The zero-order valence-electron chi connectivity index (χ0n) is 10.2. The Bertz CT molecular complexity index is 787. The molecule has 1 aromatic heterocycles. The van der Waals surface area contributed by atoms with Crippen molar-refractivity contribution < 1.29 is 8.81 Å². The van der Waals surface area contributed by atoms with Gasteiger partial charge >= 0.3 is 0 Å². The van der Waals surface area contributed by atoms with Crippen LogP contribution < -0.4 is 5.73 Å². The zero-order chi connectivity index (χ0) is 14.3. The summed E-state index contributed by atoms with van der Waals surface area (Å²) in [7, 11) is 0. The summed E-state index contributed by atoms with van der Waals surface area (Å²) in [5.41, 5.74) is 7.62. The molecule has 0 fully saturated rings. The van der Waals surface area contributed by atoms with Crippen LogP contribution in [-0.4, -0.2) is 0 Å². The lowest BCUT2D eigenvalue weighted by atomic mass is 10.1. The third-order valence-corrected chi connectivity index (χ3v) is 4.34. The van der Waals surface area contributed by atoms with Crippen LogP contribution in [0.1, 0.15) is 17.4 Å². The third-order valence-electron chi connectivity index (χ3n) is 3.11. The Morgan fingerprint density at radius 3 is 2.70 bits per heavy atom. The number of hydrogen-bond acceptors (Lipinski definition) is 2. The molecule has 0 spiro atoms. The first-order chi connectivity index (χ1) is 9.54. The molecule has 3 aromatic rings. The summed E-state index contributed by atoms with van der Waals surface area (Å²) >= 11 is 9.40. The Labute approximate surface area is 128 Å². The van der Waals surface area contributed by atoms with E-state index in [1.807, 2.05) is 12.1 Å². The number of hydrogen-bond donors (Lipinski definition) is 1. The van der Waals surface area contributed by atoms with Gasteiger partial charge in [-0.1, -0.05) is 17.7 Å². The Hall–Kier alpha value is -1.36. The number of fused-ring (bicyclic) bond motifs is 1. The lowest BCUT2D eigenvalue weighted by molar-refractivity contribution is 0.524. The number of furan rings is 1. The van der Waals surface area contributed by atoms with Crippen LogP contribution in [0.15, 0.2) is 51.4 Å². The van der Waals surface area contributed by atoms with Gasteiger partial charge in [-0.05, 0) is 57.9 Å². The number of nitrogens with two attached hydrogens (primary N) is 1. The van der Waals surface area contributed by atoms with E-state index >= 15 is 0 Å². The molecule has 3 rings (SSSR count). The molecular formula is C15H10BrClFNO. The first kappa shape index (κ1) is 13.6. The average Bonchev–Trinajstić information content (AvgIpc) is 2.84. The summed E-state index contributed by atoms with van der Waals surface area (Å²) in [6, 6.07) is 11.2. The molecule has 20 heavy (non-hydrogen) atoms. The smallest absolute Gasteiger partial charge is 0.134 e. The van der Waals surface area contributed by atoms with Crippen molar-refractivity contribution in [2.24, 2.45) is 5.73 Å². The second-order valence-corrected chi connectivity index (χ2v) is 5.74. The monoisotopic (exact) mass is 353 g/mol. The van der Waals surface area contributed by atoms with Crippen LogP contribution >= 0.6 is 27.5 Å². The van der Waals surface area contributed by atoms with Crippen LogP contribution in [0.3, 0.4) is 0 Å². The van der Waals surface area contributed by atoms with E-state index in [-0.39, 0.29) is 5.82 Å². The fourth-order valence-corrected chi connectivity index (χ4v) is 2.49. The molecule has 0 saturated heterocycles. The van der Waals surface area contributed by atoms with Crippen molar-refractivity contribution in [1.82, 2.24) is 0 Å². The zero-order valence-corrected chi connectivity index (χ0v) is 12.6. The van der Waals surface area contributed by atoms with Gasteiger partial charge in [-0.15, -0.1) is 0 Å². The van der Waals surface area contributed by atoms with Gasteiger partial charge in [-0.2, -0.15) is 0 Å². The van der Waals surface area contributed by atoms with E-state index in [0.29, 0.717) is 21.8 Å². The molecule has 0 radical (unpaired) electrons. The Balaban J connectivity index is 2.02. The largest absolute Gasteiger partial charge is 0.459 e. The predicted octanol–water partition coefficient (Wildman–Crippen LogP) is 5.04. The topological polar surface area (TPSA) is 39.2 Å². The highest BCUT2D eigenvalue weighted by Crippen LogP contribution is 2.30. The summed E-state index contributed by atoms with van der Waals surface area (Å²) in [5, 5.41) is 1.28. The highest BCUT2D eigenvalue weighted by atomic mass is 79.9. The summed E-state index contributed by atoms with van der Waals surface area (Å²) in [4.78, 5) is 0. The molecule has 2 aromatic carbocycles. The van der Waals surface area contributed by atoms with Gasteiger partial charge in [-0.3, -0.25) is 0 Å². The number of rotatable bonds is 2. The van der Waals surface area contributed by atoms with E-state index in [0.717, 1.165) is 10.0 Å². The van der Waals surface area contributed by atoms with E-state index in [4.69, 9.17) is 21.8 Å². The van der Waals surface area contributed by atoms with Gasteiger partial charge in [0.1, 0.15) is 17.2 Å². The summed E-state index contributed by atoms with van der Waals surface area (Å²) in [6.07, 6.45) is 0. The van der Waals surface area contributed by atoms with Crippen molar-refractivity contribution in [1.29, 1.82) is 0 Å². The van der Waals surface area contributed by atoms with E-state index in [9.17, 15) is 4.39 Å². The fraction of sp³-hybridized carbons (Fsp3) is 0.0667. The van der Waals surface area contributed by atoms with Crippen LogP contribution in [0.5, 0.6) is 0 Å². The van der Waals surface area contributed by atoms with E-state index in [1.54, 1.807) is 18.2 Å². The number of benzene rings is 2. The van der Waals surface area contributed by atoms with Crippen LogP contribution in [-0.2, 0) is 0 Å². The van der Waals surface area contributed by atoms with Crippen molar-refractivity contribution in [3.05, 3.63) is 69.1 Å².